The monoisotopic (exact) mass is 907 g/mol. The number of imide groups is 1. The van der Waals surface area contributed by atoms with Crippen molar-refractivity contribution in [2.45, 2.75) is 89.2 Å². The van der Waals surface area contributed by atoms with Crippen LogP contribution in [-0.4, -0.2) is 84.9 Å². The Morgan fingerprint density at radius 3 is 1.96 bits per heavy atom. The van der Waals surface area contributed by atoms with Crippen molar-refractivity contribution in [1.82, 2.24) is 4.90 Å². The van der Waals surface area contributed by atoms with Gasteiger partial charge in [-0.2, -0.15) is 0 Å². The summed E-state index contributed by atoms with van der Waals surface area (Å²) in [6.45, 7) is 4.14. The van der Waals surface area contributed by atoms with Crippen molar-refractivity contribution in [3.05, 3.63) is 191 Å². The molecule has 2 aliphatic heterocycles. The van der Waals surface area contributed by atoms with E-state index in [-0.39, 0.29) is 38.6 Å². The van der Waals surface area contributed by atoms with Crippen LogP contribution in [0.2, 0.25) is 0 Å². The maximum atomic E-state index is 14.8. The van der Waals surface area contributed by atoms with Crippen LogP contribution in [0.15, 0.2) is 156 Å². The fourth-order valence-corrected chi connectivity index (χ4v) is 8.89. The number of aryl methyl sites for hydroxylation is 2. The number of aliphatic hydroxyl groups is 1. The zero-order chi connectivity index (χ0) is 46.7. The van der Waals surface area contributed by atoms with Gasteiger partial charge in [0.1, 0.15) is 42.2 Å². The van der Waals surface area contributed by atoms with Crippen LogP contribution in [0.3, 0.4) is 0 Å². The van der Waals surface area contributed by atoms with E-state index in [9.17, 15) is 19.5 Å². The van der Waals surface area contributed by atoms with E-state index in [1.54, 1.807) is 13.0 Å². The zero-order valence-electron chi connectivity index (χ0n) is 38.0. The number of hydrogen-bond donors (Lipinski definition) is 1. The van der Waals surface area contributed by atoms with Crippen LogP contribution in [0.25, 0.3) is 11.1 Å². The number of cyclic esters (lactones) is 1. The van der Waals surface area contributed by atoms with Gasteiger partial charge in [0.25, 0.3) is 0 Å². The van der Waals surface area contributed by atoms with Gasteiger partial charge in [-0.15, -0.1) is 0 Å². The summed E-state index contributed by atoms with van der Waals surface area (Å²) in [5, 5.41) is 10.5. The molecular weight excluding hydrogens is 851 g/mol. The number of carbonyl (C=O) groups is 3. The maximum absolute atomic E-state index is 14.8. The van der Waals surface area contributed by atoms with Crippen LogP contribution < -0.4 is 0 Å². The van der Waals surface area contributed by atoms with Gasteiger partial charge in [-0.05, 0) is 60.6 Å². The summed E-state index contributed by atoms with van der Waals surface area (Å²) in [6.07, 6.45) is -4.46. The lowest BCUT2D eigenvalue weighted by Gasteiger charge is -2.45. The molecule has 3 heterocycles. The summed E-state index contributed by atoms with van der Waals surface area (Å²) in [5.74, 6) is -1.96. The van der Waals surface area contributed by atoms with Crippen LogP contribution in [0, 0.1) is 12.8 Å². The van der Waals surface area contributed by atoms with Crippen LogP contribution in [0.5, 0.6) is 0 Å². The van der Waals surface area contributed by atoms with Crippen molar-refractivity contribution in [1.29, 1.82) is 0 Å². The molecule has 2 amide bonds. The molecule has 2 saturated heterocycles. The lowest BCUT2D eigenvalue weighted by atomic mass is 9.91. The lowest BCUT2D eigenvalue weighted by Crippen LogP contribution is -2.61. The van der Waals surface area contributed by atoms with E-state index in [2.05, 4.69) is 0 Å². The first-order valence-corrected chi connectivity index (χ1v) is 22.8. The minimum absolute atomic E-state index is 0.00416. The van der Waals surface area contributed by atoms with Gasteiger partial charge in [-0.25, -0.2) is 9.69 Å². The average molecular weight is 908 g/mol. The molecule has 8 rings (SSSR count). The molecule has 0 bridgehead atoms. The fraction of sp³-hybridized carbons (Fsp3) is 0.327. The summed E-state index contributed by atoms with van der Waals surface area (Å²) in [5.41, 5.74) is 5.97. The molecule has 348 valence electrons. The van der Waals surface area contributed by atoms with E-state index in [1.807, 2.05) is 153 Å². The SMILES string of the molecule is COC1OC(CO)C(OCc2ccccc2)C(OCc2ccccc2)C1OCCCc1oc(C(=O)C(Cc2ccccc2)C(=O)N2C(=O)OC(c3ccccc3)C2C)cc1-c1cccc(C)c1. The highest BCUT2D eigenvalue weighted by Gasteiger charge is 2.49. The number of nitrogens with zero attached hydrogens (tertiary/aromatic N) is 1. The van der Waals surface area contributed by atoms with Gasteiger partial charge in [0.2, 0.25) is 11.7 Å². The molecule has 2 fully saturated rings. The predicted molar refractivity (Wildman–Crippen MR) is 250 cm³/mol. The van der Waals surface area contributed by atoms with Crippen molar-refractivity contribution in [2.75, 3.05) is 20.3 Å². The molecule has 0 spiro atoms. The normalized spacial score (nSPS) is 22.1. The van der Waals surface area contributed by atoms with Crippen molar-refractivity contribution in [3.8, 4) is 11.1 Å². The summed E-state index contributed by atoms with van der Waals surface area (Å²) >= 11 is 0. The number of aliphatic hydroxyl groups excluding tert-OH is 1. The molecular formula is C55H57NO11. The molecule has 12 nitrogen and oxygen atoms in total. The zero-order valence-corrected chi connectivity index (χ0v) is 38.0. The number of methoxy groups -OCH3 is 1. The first-order valence-electron chi connectivity index (χ1n) is 22.8. The molecule has 8 atom stereocenters. The molecule has 0 aliphatic carbocycles. The van der Waals surface area contributed by atoms with Crippen molar-refractivity contribution in [3.63, 3.8) is 0 Å². The Kier molecular flexibility index (Phi) is 15.9. The van der Waals surface area contributed by atoms with Crippen molar-refractivity contribution < 1.29 is 52.3 Å². The van der Waals surface area contributed by atoms with E-state index >= 15 is 0 Å². The van der Waals surface area contributed by atoms with E-state index in [4.69, 9.17) is 32.8 Å². The largest absolute Gasteiger partial charge is 0.457 e. The average Bonchev–Trinajstić information content (AvgIpc) is 3.93. The summed E-state index contributed by atoms with van der Waals surface area (Å²) in [4.78, 5) is 44.0. The number of rotatable bonds is 20. The maximum Gasteiger partial charge on any atom is 0.417 e. The van der Waals surface area contributed by atoms with Crippen molar-refractivity contribution in [2.24, 2.45) is 5.92 Å². The molecule has 5 aromatic carbocycles. The van der Waals surface area contributed by atoms with E-state index in [1.165, 1.54) is 7.11 Å². The third-order valence-corrected chi connectivity index (χ3v) is 12.3. The Labute approximate surface area is 391 Å². The minimum Gasteiger partial charge on any atom is -0.457 e. The Balaban J connectivity index is 1.04. The van der Waals surface area contributed by atoms with Crippen LogP contribution in [0.4, 0.5) is 4.79 Å². The third-order valence-electron chi connectivity index (χ3n) is 12.3. The van der Waals surface area contributed by atoms with Gasteiger partial charge in [0, 0.05) is 25.7 Å². The molecule has 1 aromatic heterocycles. The number of amides is 2. The number of carbonyl (C=O) groups excluding carboxylic acids is 3. The molecule has 0 saturated carbocycles. The topological polar surface area (TPSA) is 143 Å². The summed E-state index contributed by atoms with van der Waals surface area (Å²) < 4.78 is 44.0. The Hall–Kier alpha value is -6.25. The Bertz CT molecular complexity index is 2530. The molecule has 12 heteroatoms. The second-order valence-corrected chi connectivity index (χ2v) is 17.0. The quantitative estimate of drug-likeness (QED) is 0.0445. The smallest absolute Gasteiger partial charge is 0.417 e. The number of furan rings is 1. The highest BCUT2D eigenvalue weighted by Crippen LogP contribution is 2.36. The molecule has 67 heavy (non-hydrogen) atoms. The van der Waals surface area contributed by atoms with Crippen molar-refractivity contribution >= 4 is 17.8 Å². The lowest BCUT2D eigenvalue weighted by molar-refractivity contribution is -0.319. The standard InChI is InChI=1S/C55H57NO11/c1-36-18-16-27-42(30-36)43-32-46(48(58)44(31-38-19-8-4-9-20-38)53(59)56-37(2)49(67-55(56)60)41-25-14-7-15-26-41)65-45(43)28-17-29-62-52-51(64-35-40-23-12-6-13-24-40)50(47(33-57)66-54(52)61-3)63-34-39-21-10-5-11-22-39/h4-16,18-27,30,32,37,44,47,49-52,54,57H,17,28-29,31,33-35H2,1-3H3. The molecule has 6 aromatic rings. The summed E-state index contributed by atoms with van der Waals surface area (Å²) in [6, 6.07) is 47.0. The number of Topliss-reactive ketones (excluding diaryl/α,β-unsaturated/α-hetero) is 1. The molecule has 0 radical (unpaired) electrons. The highest BCUT2D eigenvalue weighted by molar-refractivity contribution is 6.12. The van der Waals surface area contributed by atoms with Crippen LogP contribution in [0.1, 0.15) is 63.6 Å². The molecule has 2 aliphatic rings. The van der Waals surface area contributed by atoms with E-state index < -0.39 is 66.6 Å². The van der Waals surface area contributed by atoms with Crippen LogP contribution in [-0.2, 0) is 59.3 Å². The molecule has 1 N–H and O–H groups in total. The molecule has 8 unspecified atom stereocenters. The predicted octanol–water partition coefficient (Wildman–Crippen LogP) is 9.26. The third kappa shape index (κ3) is 11.3. The first-order chi connectivity index (χ1) is 32.7. The summed E-state index contributed by atoms with van der Waals surface area (Å²) in [7, 11) is 1.52. The van der Waals surface area contributed by atoms with Gasteiger partial charge in [0.15, 0.2) is 12.1 Å². The Morgan fingerprint density at radius 1 is 0.731 bits per heavy atom. The van der Waals surface area contributed by atoms with Gasteiger partial charge in [-0.3, -0.25) is 9.59 Å². The van der Waals surface area contributed by atoms with Gasteiger partial charge in [0.05, 0.1) is 25.9 Å². The Morgan fingerprint density at radius 2 is 1.34 bits per heavy atom. The van der Waals surface area contributed by atoms with E-state index in [0.29, 0.717) is 24.2 Å². The van der Waals surface area contributed by atoms with Gasteiger partial charge in [-0.1, -0.05) is 151 Å². The number of ketones is 1. The first kappa shape index (κ1) is 47.3. The number of ether oxygens (including phenoxy) is 6. The highest BCUT2D eigenvalue weighted by atomic mass is 16.7. The van der Waals surface area contributed by atoms with Gasteiger partial charge < -0.3 is 37.9 Å². The minimum atomic E-state index is -1.29. The second-order valence-electron chi connectivity index (χ2n) is 17.0. The fourth-order valence-electron chi connectivity index (χ4n) is 8.89. The van der Waals surface area contributed by atoms with Crippen LogP contribution >= 0.6 is 0 Å². The van der Waals surface area contributed by atoms with E-state index in [0.717, 1.165) is 38.3 Å². The number of benzene rings is 5. The number of hydrogen-bond acceptors (Lipinski definition) is 11. The van der Waals surface area contributed by atoms with Gasteiger partial charge >= 0.3 is 6.09 Å². The second kappa shape index (κ2) is 22.5.